The standard InChI is InChI=1S/C11H21N3O4S/c1-9(19(2)18)7-12-11(17)14-5-3-13(4-6-14)8-10(15)16/h9H,3-8H2,1-2H3,(H,12,17)(H,15,16). The van der Waals surface area contributed by atoms with E-state index in [9.17, 15) is 13.8 Å². The largest absolute Gasteiger partial charge is 0.480 e. The van der Waals surface area contributed by atoms with Gasteiger partial charge < -0.3 is 15.3 Å². The molecule has 0 aromatic rings. The Morgan fingerprint density at radius 3 is 2.37 bits per heavy atom. The van der Waals surface area contributed by atoms with Crippen molar-refractivity contribution in [3.05, 3.63) is 0 Å². The van der Waals surface area contributed by atoms with Crippen molar-refractivity contribution in [1.82, 2.24) is 15.1 Å². The number of carbonyl (C=O) groups is 2. The minimum Gasteiger partial charge on any atom is -0.480 e. The van der Waals surface area contributed by atoms with Gasteiger partial charge >= 0.3 is 12.0 Å². The highest BCUT2D eigenvalue weighted by Crippen LogP contribution is 2.02. The molecule has 0 aromatic heterocycles. The number of amides is 2. The summed E-state index contributed by atoms with van der Waals surface area (Å²) in [5.74, 6) is -0.850. The number of hydrogen-bond donors (Lipinski definition) is 2. The van der Waals surface area contributed by atoms with E-state index in [2.05, 4.69) is 5.32 Å². The van der Waals surface area contributed by atoms with Gasteiger partial charge in [0.25, 0.3) is 0 Å². The third kappa shape index (κ3) is 5.56. The van der Waals surface area contributed by atoms with Gasteiger partial charge in [0, 0.05) is 55.0 Å². The van der Waals surface area contributed by atoms with Crippen LogP contribution in [0.3, 0.4) is 0 Å². The zero-order valence-corrected chi connectivity index (χ0v) is 12.1. The summed E-state index contributed by atoms with van der Waals surface area (Å²) in [6.45, 7) is 4.38. The van der Waals surface area contributed by atoms with Crippen LogP contribution in [0.2, 0.25) is 0 Å². The van der Waals surface area contributed by atoms with Crippen LogP contribution in [0.4, 0.5) is 4.79 Å². The highest BCUT2D eigenvalue weighted by molar-refractivity contribution is 7.84. The molecule has 110 valence electrons. The molecule has 2 unspecified atom stereocenters. The number of carboxylic acid groups (broad SMARTS) is 1. The van der Waals surface area contributed by atoms with Crippen LogP contribution in [-0.2, 0) is 15.6 Å². The van der Waals surface area contributed by atoms with Gasteiger partial charge in [0.2, 0.25) is 0 Å². The number of rotatable bonds is 5. The fourth-order valence-electron chi connectivity index (χ4n) is 1.76. The SMILES string of the molecule is CC(CNC(=O)N1CCN(CC(=O)O)CC1)S(C)=O. The number of piperazine rings is 1. The minimum absolute atomic E-state index is 0.0152. The summed E-state index contributed by atoms with van der Waals surface area (Å²) in [4.78, 5) is 25.9. The van der Waals surface area contributed by atoms with E-state index >= 15 is 0 Å². The molecule has 8 heteroatoms. The average Bonchev–Trinajstić information content (AvgIpc) is 2.35. The summed E-state index contributed by atoms with van der Waals surface area (Å²) in [7, 11) is -0.951. The summed E-state index contributed by atoms with van der Waals surface area (Å²) in [5, 5.41) is 11.4. The first-order chi connectivity index (χ1) is 8.90. The molecular weight excluding hydrogens is 270 g/mol. The molecule has 7 nitrogen and oxygen atoms in total. The number of nitrogens with zero attached hydrogens (tertiary/aromatic N) is 2. The van der Waals surface area contributed by atoms with Crippen LogP contribution >= 0.6 is 0 Å². The first kappa shape index (κ1) is 15.9. The van der Waals surface area contributed by atoms with E-state index in [1.165, 1.54) is 0 Å². The molecule has 2 atom stereocenters. The Morgan fingerprint density at radius 1 is 1.32 bits per heavy atom. The van der Waals surface area contributed by atoms with E-state index in [0.29, 0.717) is 32.7 Å². The van der Waals surface area contributed by atoms with Gasteiger partial charge in [0.1, 0.15) is 0 Å². The maximum Gasteiger partial charge on any atom is 0.317 e. The first-order valence-electron chi connectivity index (χ1n) is 6.19. The lowest BCUT2D eigenvalue weighted by Gasteiger charge is -2.33. The molecule has 1 fully saturated rings. The van der Waals surface area contributed by atoms with Gasteiger partial charge in [-0.1, -0.05) is 0 Å². The smallest absolute Gasteiger partial charge is 0.317 e. The van der Waals surface area contributed by atoms with Crippen molar-refractivity contribution in [1.29, 1.82) is 0 Å². The van der Waals surface area contributed by atoms with Crippen molar-refractivity contribution >= 4 is 22.8 Å². The molecule has 1 saturated heterocycles. The molecule has 0 aliphatic carbocycles. The number of carboxylic acids is 1. The topological polar surface area (TPSA) is 90.0 Å². The summed E-state index contributed by atoms with van der Waals surface area (Å²) < 4.78 is 11.2. The predicted molar refractivity (Wildman–Crippen MR) is 72.6 cm³/mol. The molecule has 19 heavy (non-hydrogen) atoms. The first-order valence-corrected chi connectivity index (χ1v) is 7.81. The Morgan fingerprint density at radius 2 is 1.89 bits per heavy atom. The highest BCUT2D eigenvalue weighted by Gasteiger charge is 2.22. The van der Waals surface area contributed by atoms with E-state index in [0.717, 1.165) is 0 Å². The van der Waals surface area contributed by atoms with Crippen molar-refractivity contribution in [2.24, 2.45) is 0 Å². The van der Waals surface area contributed by atoms with Crippen LogP contribution in [0.25, 0.3) is 0 Å². The molecule has 2 amide bonds. The maximum absolute atomic E-state index is 11.8. The van der Waals surface area contributed by atoms with Crippen LogP contribution in [0.1, 0.15) is 6.92 Å². The molecule has 2 N–H and O–H groups in total. The monoisotopic (exact) mass is 291 g/mol. The van der Waals surface area contributed by atoms with Crippen molar-refractivity contribution < 1.29 is 18.9 Å². The van der Waals surface area contributed by atoms with Crippen molar-refractivity contribution in [2.45, 2.75) is 12.2 Å². The molecule has 1 rings (SSSR count). The third-order valence-corrected chi connectivity index (χ3v) is 4.43. The summed E-state index contributed by atoms with van der Waals surface area (Å²) in [6.07, 6.45) is 1.61. The Hall–Kier alpha value is -1.15. The molecule has 0 aromatic carbocycles. The molecule has 1 heterocycles. The van der Waals surface area contributed by atoms with Gasteiger partial charge in [-0.3, -0.25) is 13.9 Å². The number of urea groups is 1. The second-order valence-corrected chi connectivity index (χ2v) is 6.45. The Bertz CT molecular complexity index is 356. The van der Waals surface area contributed by atoms with Crippen molar-refractivity contribution in [3.63, 3.8) is 0 Å². The lowest BCUT2D eigenvalue weighted by atomic mass is 10.3. The molecule has 0 radical (unpaired) electrons. The van der Waals surface area contributed by atoms with Crippen LogP contribution in [0, 0.1) is 0 Å². The normalized spacial score (nSPS) is 19.8. The maximum atomic E-state index is 11.8. The average molecular weight is 291 g/mol. The van der Waals surface area contributed by atoms with Crippen LogP contribution in [0.15, 0.2) is 0 Å². The van der Waals surface area contributed by atoms with E-state index < -0.39 is 16.8 Å². The fourth-order valence-corrected chi connectivity index (χ4v) is 2.08. The summed E-state index contributed by atoms with van der Waals surface area (Å²) in [5.41, 5.74) is 0. The van der Waals surface area contributed by atoms with Crippen LogP contribution < -0.4 is 5.32 Å². The van der Waals surface area contributed by atoms with E-state index in [-0.39, 0.29) is 17.8 Å². The van der Waals surface area contributed by atoms with E-state index in [4.69, 9.17) is 5.11 Å². The van der Waals surface area contributed by atoms with Gasteiger partial charge in [0.05, 0.1) is 6.54 Å². The Kier molecular flexibility index (Phi) is 6.23. The lowest BCUT2D eigenvalue weighted by Crippen LogP contribution is -2.53. The van der Waals surface area contributed by atoms with Crippen molar-refractivity contribution in [3.8, 4) is 0 Å². The Labute approximate surface area is 115 Å². The van der Waals surface area contributed by atoms with E-state index in [1.54, 1.807) is 16.1 Å². The zero-order valence-electron chi connectivity index (χ0n) is 11.3. The molecular formula is C11H21N3O4S. The van der Waals surface area contributed by atoms with Crippen LogP contribution in [-0.4, -0.2) is 81.9 Å². The quantitative estimate of drug-likeness (QED) is 0.690. The van der Waals surface area contributed by atoms with Gasteiger partial charge in [0.15, 0.2) is 0 Å². The summed E-state index contributed by atoms with van der Waals surface area (Å²) >= 11 is 0. The van der Waals surface area contributed by atoms with Crippen LogP contribution in [0.5, 0.6) is 0 Å². The van der Waals surface area contributed by atoms with Gasteiger partial charge in [-0.2, -0.15) is 0 Å². The van der Waals surface area contributed by atoms with Gasteiger partial charge in [-0.15, -0.1) is 0 Å². The van der Waals surface area contributed by atoms with Gasteiger partial charge in [-0.05, 0) is 6.92 Å². The highest BCUT2D eigenvalue weighted by atomic mass is 32.2. The molecule has 1 aliphatic rings. The molecule has 0 spiro atoms. The van der Waals surface area contributed by atoms with Crippen molar-refractivity contribution in [2.75, 3.05) is 45.5 Å². The zero-order chi connectivity index (χ0) is 14.4. The number of carbonyl (C=O) groups excluding carboxylic acids is 1. The number of hydrogen-bond acceptors (Lipinski definition) is 4. The summed E-state index contributed by atoms with van der Waals surface area (Å²) in [6, 6.07) is -0.174. The van der Waals surface area contributed by atoms with E-state index in [1.807, 2.05) is 6.92 Å². The predicted octanol–water partition coefficient (Wildman–Crippen LogP) is -0.835. The minimum atomic E-state index is -0.951. The van der Waals surface area contributed by atoms with Gasteiger partial charge in [-0.25, -0.2) is 4.79 Å². The third-order valence-electron chi connectivity index (χ3n) is 3.13. The number of aliphatic carboxylic acids is 1. The molecule has 1 aliphatic heterocycles. The Balaban J connectivity index is 2.29. The number of nitrogens with one attached hydrogen (secondary N) is 1. The second-order valence-electron chi connectivity index (χ2n) is 4.65. The fraction of sp³-hybridized carbons (Fsp3) is 0.818. The molecule has 0 bridgehead atoms. The second kappa shape index (κ2) is 7.44. The molecule has 0 saturated carbocycles. The lowest BCUT2D eigenvalue weighted by molar-refractivity contribution is -0.138.